The highest BCUT2D eigenvalue weighted by atomic mass is 32.2. The van der Waals surface area contributed by atoms with Crippen molar-refractivity contribution in [3.05, 3.63) is 51.7 Å². The summed E-state index contributed by atoms with van der Waals surface area (Å²) in [5.41, 5.74) is 0.846. The first-order chi connectivity index (χ1) is 11.9. The van der Waals surface area contributed by atoms with E-state index in [1.54, 1.807) is 30.3 Å². The minimum absolute atomic E-state index is 0.0497. The summed E-state index contributed by atoms with van der Waals surface area (Å²) in [4.78, 5) is 23.6. The van der Waals surface area contributed by atoms with Gasteiger partial charge in [0.15, 0.2) is 0 Å². The molecule has 1 aromatic carbocycles. The van der Waals surface area contributed by atoms with Crippen LogP contribution in [0.3, 0.4) is 0 Å². The van der Waals surface area contributed by atoms with Crippen LogP contribution in [0.5, 0.6) is 5.75 Å². The Morgan fingerprint density at radius 2 is 2.00 bits per heavy atom. The maximum atomic E-state index is 12.4. The Kier molecular flexibility index (Phi) is 4.60. The van der Waals surface area contributed by atoms with Crippen molar-refractivity contribution < 1.29 is 27.5 Å². The van der Waals surface area contributed by atoms with E-state index in [0.29, 0.717) is 11.3 Å². The smallest absolute Gasteiger partial charge is 0.349 e. The number of ether oxygens (including phenoxy) is 2. The average Bonchev–Trinajstić information content (AvgIpc) is 3.11. The van der Waals surface area contributed by atoms with Gasteiger partial charge in [0, 0.05) is 5.56 Å². The van der Waals surface area contributed by atoms with Gasteiger partial charge in [0.1, 0.15) is 22.1 Å². The van der Waals surface area contributed by atoms with Crippen LogP contribution in [0.25, 0.3) is 6.08 Å². The van der Waals surface area contributed by atoms with Crippen LogP contribution in [0.4, 0.5) is 0 Å². The Balaban J connectivity index is 1.85. The van der Waals surface area contributed by atoms with Gasteiger partial charge in [-0.1, -0.05) is 18.2 Å². The lowest BCUT2D eigenvalue weighted by molar-refractivity contribution is -0.116. The molecule has 0 saturated heterocycles. The molecule has 0 spiro atoms. The number of benzene rings is 1. The van der Waals surface area contributed by atoms with Crippen LogP contribution in [0.2, 0.25) is 0 Å². The van der Waals surface area contributed by atoms with Crippen LogP contribution in [-0.4, -0.2) is 34.0 Å². The van der Waals surface area contributed by atoms with E-state index in [-0.39, 0.29) is 22.0 Å². The van der Waals surface area contributed by atoms with Crippen molar-refractivity contribution in [1.82, 2.24) is 4.72 Å². The summed E-state index contributed by atoms with van der Waals surface area (Å²) in [6.45, 7) is -0.0497. The molecule has 130 valence electrons. The first-order valence-electron chi connectivity index (χ1n) is 7.08. The molecule has 1 aliphatic heterocycles. The Morgan fingerprint density at radius 3 is 2.76 bits per heavy atom. The topological polar surface area (TPSA) is 98.8 Å². The summed E-state index contributed by atoms with van der Waals surface area (Å²) in [7, 11) is -3.06. The second-order valence-corrected chi connectivity index (χ2v) is 7.60. The second-order valence-electron chi connectivity index (χ2n) is 5.04. The van der Waals surface area contributed by atoms with Gasteiger partial charge in [-0.05, 0) is 23.6 Å². The van der Waals surface area contributed by atoms with Gasteiger partial charge in [-0.15, -0.1) is 11.3 Å². The number of rotatable bonds is 4. The normalized spacial score (nSPS) is 13.2. The zero-order valence-corrected chi connectivity index (χ0v) is 14.6. The highest BCUT2D eigenvalue weighted by molar-refractivity contribution is 7.90. The fourth-order valence-electron chi connectivity index (χ4n) is 2.24. The predicted molar refractivity (Wildman–Crippen MR) is 90.9 cm³/mol. The molecule has 1 aromatic heterocycles. The molecule has 0 bridgehead atoms. The van der Waals surface area contributed by atoms with Crippen LogP contribution in [0, 0.1) is 0 Å². The van der Waals surface area contributed by atoms with E-state index in [2.05, 4.69) is 4.74 Å². The third kappa shape index (κ3) is 3.42. The van der Waals surface area contributed by atoms with E-state index >= 15 is 0 Å². The van der Waals surface area contributed by atoms with Crippen LogP contribution in [0.15, 0.2) is 46.2 Å². The lowest BCUT2D eigenvalue weighted by Crippen LogP contribution is -2.34. The number of hydrogen-bond donors (Lipinski definition) is 1. The molecule has 2 heterocycles. The molecule has 0 aliphatic carbocycles. The molecule has 7 nitrogen and oxygen atoms in total. The Hall–Kier alpha value is -2.65. The first kappa shape index (κ1) is 17.2. The summed E-state index contributed by atoms with van der Waals surface area (Å²) in [6, 6.07) is 8.33. The van der Waals surface area contributed by atoms with E-state index in [0.717, 1.165) is 18.4 Å². The zero-order chi connectivity index (χ0) is 18.0. The van der Waals surface area contributed by atoms with Gasteiger partial charge in [0.05, 0.1) is 12.7 Å². The quantitative estimate of drug-likeness (QED) is 0.814. The molecule has 2 aromatic rings. The maximum Gasteiger partial charge on any atom is 0.349 e. The second kappa shape index (κ2) is 6.69. The van der Waals surface area contributed by atoms with E-state index in [9.17, 15) is 18.0 Å². The van der Waals surface area contributed by atoms with Gasteiger partial charge in [-0.25, -0.2) is 17.9 Å². The van der Waals surface area contributed by atoms with Crippen LogP contribution >= 0.6 is 11.3 Å². The first-order valence-corrected chi connectivity index (χ1v) is 9.44. The molecule has 0 unspecified atom stereocenters. The van der Waals surface area contributed by atoms with E-state index < -0.39 is 21.9 Å². The van der Waals surface area contributed by atoms with Crippen molar-refractivity contribution in [2.45, 2.75) is 4.90 Å². The highest BCUT2D eigenvalue weighted by Crippen LogP contribution is 2.27. The van der Waals surface area contributed by atoms with Crippen molar-refractivity contribution in [2.24, 2.45) is 0 Å². The minimum atomic E-state index is -4.21. The average molecular weight is 379 g/mol. The molecule has 0 saturated carbocycles. The van der Waals surface area contributed by atoms with Crippen molar-refractivity contribution in [3.63, 3.8) is 0 Å². The number of amides is 1. The van der Waals surface area contributed by atoms with Gasteiger partial charge < -0.3 is 9.47 Å². The number of sulfonamides is 1. The lowest BCUT2D eigenvalue weighted by Gasteiger charge is -2.17. The summed E-state index contributed by atoms with van der Waals surface area (Å²) >= 11 is 0.918. The third-order valence-corrected chi connectivity index (χ3v) is 5.84. The fourth-order valence-corrected chi connectivity index (χ4v) is 4.56. The van der Waals surface area contributed by atoms with Gasteiger partial charge in [-0.2, -0.15) is 0 Å². The lowest BCUT2D eigenvalue weighted by atomic mass is 10.1. The molecule has 0 radical (unpaired) electrons. The standard InChI is InChI=1S/C16H13NO6S2/c1-22-16(19)14-13(6-7-24-14)25(20,21)17-15(18)11-8-10-4-2-3-5-12(10)23-9-11/h2-8H,9H2,1H3,(H,17,18). The molecule has 0 fully saturated rings. The van der Waals surface area contributed by atoms with Crippen molar-refractivity contribution in [2.75, 3.05) is 13.7 Å². The van der Waals surface area contributed by atoms with E-state index in [1.807, 2.05) is 4.72 Å². The summed E-state index contributed by atoms with van der Waals surface area (Å²) < 4.78 is 36.8. The number of carbonyl (C=O) groups excluding carboxylic acids is 2. The molecular weight excluding hydrogens is 366 g/mol. The molecule has 3 rings (SSSR count). The van der Waals surface area contributed by atoms with Gasteiger partial charge in [0.2, 0.25) is 0 Å². The van der Waals surface area contributed by atoms with E-state index in [1.165, 1.54) is 11.4 Å². The minimum Gasteiger partial charge on any atom is -0.488 e. The monoisotopic (exact) mass is 379 g/mol. The van der Waals surface area contributed by atoms with Crippen molar-refractivity contribution >= 4 is 39.3 Å². The predicted octanol–water partition coefficient (Wildman–Crippen LogP) is 1.82. The van der Waals surface area contributed by atoms with E-state index in [4.69, 9.17) is 4.74 Å². The van der Waals surface area contributed by atoms with Crippen LogP contribution in [0.1, 0.15) is 15.2 Å². The Labute approximate surface area is 147 Å². The third-order valence-electron chi connectivity index (χ3n) is 3.44. The SMILES string of the molecule is COC(=O)c1sccc1S(=O)(=O)NC(=O)C1=Cc2ccccc2OC1. The fraction of sp³-hybridized carbons (Fsp3) is 0.125. The number of fused-ring (bicyclic) bond motifs is 1. The maximum absolute atomic E-state index is 12.4. The highest BCUT2D eigenvalue weighted by Gasteiger charge is 2.28. The molecule has 1 amide bonds. The number of carbonyl (C=O) groups is 2. The molecule has 1 aliphatic rings. The number of hydrogen-bond acceptors (Lipinski definition) is 7. The largest absolute Gasteiger partial charge is 0.488 e. The number of esters is 1. The zero-order valence-electron chi connectivity index (χ0n) is 13.0. The molecule has 0 atom stereocenters. The van der Waals surface area contributed by atoms with Crippen molar-refractivity contribution in [1.29, 1.82) is 0 Å². The number of nitrogens with one attached hydrogen (secondary N) is 1. The van der Waals surface area contributed by atoms with Crippen molar-refractivity contribution in [3.8, 4) is 5.75 Å². The van der Waals surface area contributed by atoms with Crippen LogP contribution < -0.4 is 9.46 Å². The Morgan fingerprint density at radius 1 is 1.24 bits per heavy atom. The number of para-hydroxylation sites is 1. The Bertz CT molecular complexity index is 974. The van der Waals surface area contributed by atoms with Gasteiger partial charge >= 0.3 is 5.97 Å². The number of thiophene rings is 1. The summed E-state index contributed by atoms with van der Waals surface area (Å²) in [5.74, 6) is -0.971. The summed E-state index contributed by atoms with van der Waals surface area (Å²) in [5, 5.41) is 1.44. The van der Waals surface area contributed by atoms with Crippen LogP contribution in [-0.2, 0) is 19.6 Å². The summed E-state index contributed by atoms with van der Waals surface area (Å²) in [6.07, 6.45) is 1.57. The molecule has 25 heavy (non-hydrogen) atoms. The molecular formula is C16H13NO6S2. The molecule has 1 N–H and O–H groups in total. The van der Waals surface area contributed by atoms with Gasteiger partial charge in [-0.3, -0.25) is 4.79 Å². The molecule has 9 heteroatoms. The number of methoxy groups -OCH3 is 1. The van der Waals surface area contributed by atoms with Gasteiger partial charge in [0.25, 0.3) is 15.9 Å².